The number of halogens is 3. The van der Waals surface area contributed by atoms with Gasteiger partial charge in [0.2, 0.25) is 0 Å². The van der Waals surface area contributed by atoms with Gasteiger partial charge in [0.1, 0.15) is 5.82 Å². The maximum Gasteiger partial charge on any atom is 0.312 e. The monoisotopic (exact) mass is 374 g/mol. The van der Waals surface area contributed by atoms with Gasteiger partial charge < -0.3 is 16.8 Å². The Hall–Kier alpha value is -2.76. The summed E-state index contributed by atoms with van der Waals surface area (Å²) in [4.78, 5) is 14.5. The molecule has 0 saturated carbocycles. The van der Waals surface area contributed by atoms with Crippen LogP contribution in [0.3, 0.4) is 0 Å². The second kappa shape index (κ2) is 8.37. The zero-order valence-corrected chi connectivity index (χ0v) is 13.4. The maximum atomic E-state index is 13.3. The van der Waals surface area contributed by atoms with Gasteiger partial charge in [-0.05, 0) is 28.5 Å². The van der Waals surface area contributed by atoms with Crippen molar-refractivity contribution in [1.82, 2.24) is 15.6 Å². The zero-order valence-electron chi connectivity index (χ0n) is 12.6. The van der Waals surface area contributed by atoms with Crippen molar-refractivity contribution in [2.45, 2.75) is 11.5 Å². The summed E-state index contributed by atoms with van der Waals surface area (Å²) < 4.78 is 43.3. The summed E-state index contributed by atoms with van der Waals surface area (Å²) >= 11 is 1.17. The van der Waals surface area contributed by atoms with Crippen LogP contribution in [-0.4, -0.2) is 34.5 Å². The minimum absolute atomic E-state index is 0.0311. The molecule has 8 nitrogen and oxygen atoms in total. The van der Waals surface area contributed by atoms with Gasteiger partial charge in [0.15, 0.2) is 16.6 Å². The first kappa shape index (κ1) is 18.6. The quantitative estimate of drug-likeness (QED) is 0.294. The van der Waals surface area contributed by atoms with Gasteiger partial charge in [0.25, 0.3) is 6.43 Å². The average molecular weight is 374 g/mol. The number of amides is 2. The van der Waals surface area contributed by atoms with E-state index in [1.807, 2.05) is 0 Å². The highest BCUT2D eigenvalue weighted by molar-refractivity contribution is 7.99. The lowest BCUT2D eigenvalue weighted by Crippen LogP contribution is -2.31. The lowest BCUT2D eigenvalue weighted by molar-refractivity contribution is 0.146. The first-order valence-electron chi connectivity index (χ1n) is 6.79. The van der Waals surface area contributed by atoms with Crippen molar-refractivity contribution in [3.8, 4) is 0 Å². The SMILES string of the molecule is NC(=O)NCCSc1nonc1C(N)=Nc1ccc(F)c(C(F)F)c1. The highest BCUT2D eigenvalue weighted by Crippen LogP contribution is 2.27. The molecule has 0 aliphatic carbocycles. The first-order chi connectivity index (χ1) is 11.9. The van der Waals surface area contributed by atoms with E-state index in [1.54, 1.807) is 0 Å². The van der Waals surface area contributed by atoms with Crippen LogP contribution in [-0.2, 0) is 0 Å². The molecule has 0 bridgehead atoms. The predicted octanol–water partition coefficient (Wildman–Crippen LogP) is 1.94. The molecule has 0 spiro atoms. The summed E-state index contributed by atoms with van der Waals surface area (Å²) in [5.41, 5.74) is 10.1. The van der Waals surface area contributed by atoms with Crippen molar-refractivity contribution in [1.29, 1.82) is 0 Å². The molecule has 0 fully saturated rings. The number of nitrogens with zero attached hydrogens (tertiary/aromatic N) is 3. The van der Waals surface area contributed by atoms with Crippen LogP contribution in [0.5, 0.6) is 0 Å². The predicted molar refractivity (Wildman–Crippen MR) is 84.3 cm³/mol. The van der Waals surface area contributed by atoms with Gasteiger partial charge in [0.05, 0.1) is 11.3 Å². The summed E-state index contributed by atoms with van der Waals surface area (Å²) in [7, 11) is 0. The van der Waals surface area contributed by atoms with E-state index in [-0.39, 0.29) is 23.8 Å². The number of thioether (sulfide) groups is 1. The number of carbonyl (C=O) groups excluding carboxylic acids is 1. The second-order valence-electron chi connectivity index (χ2n) is 4.56. The fourth-order valence-electron chi connectivity index (χ4n) is 1.71. The van der Waals surface area contributed by atoms with Crippen molar-refractivity contribution in [3.63, 3.8) is 0 Å². The summed E-state index contributed by atoms with van der Waals surface area (Å²) in [5, 5.41) is 9.94. The third-order valence-corrected chi connectivity index (χ3v) is 3.75. The Balaban J connectivity index is 2.14. The lowest BCUT2D eigenvalue weighted by atomic mass is 10.2. The highest BCUT2D eigenvalue weighted by Gasteiger charge is 2.17. The first-order valence-corrected chi connectivity index (χ1v) is 7.78. The van der Waals surface area contributed by atoms with E-state index < -0.39 is 23.8 Å². The molecule has 134 valence electrons. The fraction of sp³-hybridized carbons (Fsp3) is 0.231. The second-order valence-corrected chi connectivity index (χ2v) is 5.64. The molecule has 1 aromatic carbocycles. The number of carbonyl (C=O) groups is 1. The fourth-order valence-corrected chi connectivity index (χ4v) is 2.48. The molecule has 0 atom stereocenters. The lowest BCUT2D eigenvalue weighted by Gasteiger charge is -2.04. The number of hydrogen-bond donors (Lipinski definition) is 3. The van der Waals surface area contributed by atoms with Crippen LogP contribution in [0.4, 0.5) is 23.7 Å². The summed E-state index contributed by atoms with van der Waals surface area (Å²) in [6, 6.07) is 2.31. The molecule has 5 N–H and O–H groups in total. The normalized spacial score (nSPS) is 11.8. The maximum absolute atomic E-state index is 13.3. The van der Waals surface area contributed by atoms with E-state index in [1.165, 1.54) is 17.8 Å². The number of rotatable bonds is 7. The molecular formula is C13H13F3N6O2S. The third kappa shape index (κ3) is 5.11. The van der Waals surface area contributed by atoms with Crippen LogP contribution >= 0.6 is 11.8 Å². The molecule has 0 radical (unpaired) electrons. The van der Waals surface area contributed by atoms with Crippen LogP contribution in [0.1, 0.15) is 17.7 Å². The van der Waals surface area contributed by atoms with E-state index in [2.05, 4.69) is 25.3 Å². The van der Waals surface area contributed by atoms with Crippen molar-refractivity contribution in [2.24, 2.45) is 16.5 Å². The van der Waals surface area contributed by atoms with E-state index in [4.69, 9.17) is 11.5 Å². The number of nitrogens with one attached hydrogen (secondary N) is 1. The standard InChI is InChI=1S/C13H13F3N6O2S/c14-8-2-1-6(5-7(8)10(15)16)20-11(17)9-12(22-24-21-9)25-4-3-19-13(18)23/h1-2,5,10H,3-4H2,(H2,17,20)(H3,18,19,23). The van der Waals surface area contributed by atoms with Crippen molar-refractivity contribution in [3.05, 3.63) is 35.3 Å². The topological polar surface area (TPSA) is 132 Å². The van der Waals surface area contributed by atoms with Gasteiger partial charge in [-0.2, -0.15) is 0 Å². The van der Waals surface area contributed by atoms with Crippen LogP contribution in [0.15, 0.2) is 32.8 Å². The molecule has 2 amide bonds. The molecular weight excluding hydrogens is 361 g/mol. The van der Waals surface area contributed by atoms with Crippen LogP contribution < -0.4 is 16.8 Å². The molecule has 1 heterocycles. The largest absolute Gasteiger partial charge is 0.382 e. The Labute approximate surface area is 143 Å². The summed E-state index contributed by atoms with van der Waals surface area (Å²) in [5.74, 6) is -0.768. The summed E-state index contributed by atoms with van der Waals surface area (Å²) in [6.45, 7) is 0.277. The van der Waals surface area contributed by atoms with Gasteiger partial charge >= 0.3 is 6.03 Å². The van der Waals surface area contributed by atoms with Gasteiger partial charge in [-0.25, -0.2) is 27.6 Å². The molecule has 25 heavy (non-hydrogen) atoms. The Morgan fingerprint density at radius 3 is 2.80 bits per heavy atom. The number of nitrogens with two attached hydrogens (primary N) is 2. The van der Waals surface area contributed by atoms with E-state index >= 15 is 0 Å². The molecule has 12 heteroatoms. The molecule has 0 aliphatic rings. The number of alkyl halides is 2. The molecule has 2 rings (SSSR count). The number of aromatic nitrogens is 2. The molecule has 2 aromatic rings. The minimum Gasteiger partial charge on any atom is -0.382 e. The minimum atomic E-state index is -2.98. The van der Waals surface area contributed by atoms with Gasteiger partial charge in [-0.3, -0.25) is 0 Å². The van der Waals surface area contributed by atoms with Crippen molar-refractivity contribution in [2.75, 3.05) is 12.3 Å². The molecule has 1 aromatic heterocycles. The van der Waals surface area contributed by atoms with Crippen LogP contribution in [0.25, 0.3) is 0 Å². The number of aliphatic imine (C=N–C) groups is 1. The average Bonchev–Trinajstić information content (AvgIpc) is 3.01. The Bertz CT molecular complexity index is 783. The smallest absolute Gasteiger partial charge is 0.312 e. The number of urea groups is 1. The van der Waals surface area contributed by atoms with Gasteiger partial charge in [0, 0.05) is 12.3 Å². The van der Waals surface area contributed by atoms with Crippen LogP contribution in [0, 0.1) is 5.82 Å². The van der Waals surface area contributed by atoms with E-state index in [0.717, 1.165) is 12.1 Å². The van der Waals surface area contributed by atoms with Crippen LogP contribution in [0.2, 0.25) is 0 Å². The number of amidine groups is 1. The van der Waals surface area contributed by atoms with E-state index in [9.17, 15) is 18.0 Å². The Morgan fingerprint density at radius 1 is 1.36 bits per heavy atom. The molecule has 0 saturated heterocycles. The van der Waals surface area contributed by atoms with Crippen molar-refractivity contribution >= 4 is 29.3 Å². The molecule has 0 aliphatic heterocycles. The Kier molecular flexibility index (Phi) is 6.22. The highest BCUT2D eigenvalue weighted by atomic mass is 32.2. The number of benzene rings is 1. The number of hydrogen-bond acceptors (Lipinski definition) is 6. The zero-order chi connectivity index (χ0) is 18.4. The van der Waals surface area contributed by atoms with Gasteiger partial charge in [-0.15, -0.1) is 0 Å². The molecule has 0 unspecified atom stereocenters. The van der Waals surface area contributed by atoms with Crippen molar-refractivity contribution < 1.29 is 22.6 Å². The van der Waals surface area contributed by atoms with E-state index in [0.29, 0.717) is 10.8 Å². The number of primary amides is 1. The third-order valence-electron chi connectivity index (χ3n) is 2.81. The summed E-state index contributed by atoms with van der Waals surface area (Å²) in [6.07, 6.45) is -2.98. The van der Waals surface area contributed by atoms with Gasteiger partial charge in [-0.1, -0.05) is 11.8 Å². The Morgan fingerprint density at radius 2 is 2.12 bits per heavy atom.